The summed E-state index contributed by atoms with van der Waals surface area (Å²) in [6, 6.07) is 3.96. The predicted molar refractivity (Wildman–Crippen MR) is 79.7 cm³/mol. The summed E-state index contributed by atoms with van der Waals surface area (Å²) in [6.07, 6.45) is 3.40. The first-order valence-electron chi connectivity index (χ1n) is 5.87. The second-order valence-corrected chi connectivity index (χ2v) is 8.54. The van der Waals surface area contributed by atoms with E-state index in [1.807, 2.05) is 12.1 Å². The molecule has 0 saturated carbocycles. The first-order chi connectivity index (χ1) is 8.50. The van der Waals surface area contributed by atoms with E-state index >= 15 is 0 Å². The molecular formula is C12H15Br2NO2S. The maximum absolute atomic E-state index is 11.5. The molecule has 1 saturated heterocycles. The summed E-state index contributed by atoms with van der Waals surface area (Å²) in [5.74, 6) is 1.28. The molecule has 100 valence electrons. The van der Waals surface area contributed by atoms with Crippen LogP contribution in [0.1, 0.15) is 12.1 Å². The van der Waals surface area contributed by atoms with E-state index < -0.39 is 9.84 Å². The Balaban J connectivity index is 2.04. The minimum absolute atomic E-state index is 0.264. The summed E-state index contributed by atoms with van der Waals surface area (Å²) in [4.78, 5) is 4.36. The molecular weight excluding hydrogens is 382 g/mol. The van der Waals surface area contributed by atoms with Crippen molar-refractivity contribution in [2.45, 2.75) is 12.8 Å². The van der Waals surface area contributed by atoms with E-state index in [-0.39, 0.29) is 5.92 Å². The highest BCUT2D eigenvalue weighted by atomic mass is 79.9. The third-order valence-corrected chi connectivity index (χ3v) is 6.49. The fraction of sp³-hybridized carbons (Fsp3) is 0.583. The number of halogens is 2. The number of rotatable bonds is 4. The van der Waals surface area contributed by atoms with Crippen molar-refractivity contribution in [1.82, 2.24) is 4.98 Å². The molecule has 0 spiro atoms. The van der Waals surface area contributed by atoms with Gasteiger partial charge in [0.2, 0.25) is 0 Å². The molecule has 1 aromatic rings. The third-order valence-electron chi connectivity index (χ3n) is 3.39. The lowest BCUT2D eigenvalue weighted by atomic mass is 9.89. The molecule has 6 heteroatoms. The number of aromatic nitrogens is 1. The molecule has 1 aromatic heterocycles. The minimum atomic E-state index is -2.80. The van der Waals surface area contributed by atoms with Gasteiger partial charge in [-0.25, -0.2) is 8.42 Å². The smallest absolute Gasteiger partial charge is 0.150 e. The van der Waals surface area contributed by atoms with Gasteiger partial charge in [-0.2, -0.15) is 0 Å². The Labute approximate surface area is 125 Å². The van der Waals surface area contributed by atoms with Gasteiger partial charge in [0.1, 0.15) is 0 Å². The van der Waals surface area contributed by atoms with Gasteiger partial charge >= 0.3 is 0 Å². The van der Waals surface area contributed by atoms with Crippen molar-refractivity contribution < 1.29 is 8.42 Å². The van der Waals surface area contributed by atoms with Crippen LogP contribution in [-0.2, 0) is 16.3 Å². The van der Waals surface area contributed by atoms with Crippen LogP contribution in [0.25, 0.3) is 0 Å². The lowest BCUT2D eigenvalue weighted by molar-refractivity contribution is 0.399. The van der Waals surface area contributed by atoms with E-state index in [0.29, 0.717) is 17.4 Å². The maximum Gasteiger partial charge on any atom is 0.150 e. The van der Waals surface area contributed by atoms with Gasteiger partial charge in [0.15, 0.2) is 9.84 Å². The van der Waals surface area contributed by atoms with Crippen LogP contribution >= 0.6 is 31.9 Å². The number of nitrogens with zero attached hydrogens (tertiary/aromatic N) is 1. The van der Waals surface area contributed by atoms with Crippen molar-refractivity contribution in [2.24, 2.45) is 11.8 Å². The SMILES string of the molecule is O=S1(=O)CCC(C(CBr)Cc2ccc(Br)cn2)C1. The molecule has 2 atom stereocenters. The van der Waals surface area contributed by atoms with Gasteiger partial charge in [-0.05, 0) is 52.7 Å². The van der Waals surface area contributed by atoms with E-state index in [9.17, 15) is 8.42 Å². The zero-order valence-electron chi connectivity index (χ0n) is 9.85. The van der Waals surface area contributed by atoms with Gasteiger partial charge < -0.3 is 0 Å². The third kappa shape index (κ3) is 3.78. The molecule has 0 aromatic carbocycles. The van der Waals surface area contributed by atoms with Crippen LogP contribution in [0.2, 0.25) is 0 Å². The van der Waals surface area contributed by atoms with Gasteiger partial charge in [-0.15, -0.1) is 0 Å². The van der Waals surface area contributed by atoms with Gasteiger partial charge in [-0.3, -0.25) is 4.98 Å². The standard InChI is InChI=1S/C12H15Br2NO2S/c13-6-10(9-3-4-18(16,17)8-9)5-12-2-1-11(14)7-15-12/h1-2,7,9-10H,3-6,8H2. The molecule has 0 aliphatic carbocycles. The average Bonchev–Trinajstić information content (AvgIpc) is 2.69. The molecule has 18 heavy (non-hydrogen) atoms. The van der Waals surface area contributed by atoms with Crippen molar-refractivity contribution >= 4 is 41.7 Å². The Hall–Kier alpha value is 0.0600. The summed E-state index contributed by atoms with van der Waals surface area (Å²) in [5, 5.41) is 0.824. The monoisotopic (exact) mass is 395 g/mol. The number of hydrogen-bond acceptors (Lipinski definition) is 3. The van der Waals surface area contributed by atoms with Crippen molar-refractivity contribution in [3.05, 3.63) is 28.5 Å². The number of pyridine rings is 1. The molecule has 2 rings (SSSR count). The molecule has 2 heterocycles. The van der Waals surface area contributed by atoms with Crippen LogP contribution in [0.5, 0.6) is 0 Å². The van der Waals surface area contributed by atoms with E-state index in [1.165, 1.54) is 0 Å². The van der Waals surface area contributed by atoms with Gasteiger partial charge in [-0.1, -0.05) is 15.9 Å². The van der Waals surface area contributed by atoms with Crippen LogP contribution in [0.4, 0.5) is 0 Å². The lowest BCUT2D eigenvalue weighted by Crippen LogP contribution is -2.20. The fourth-order valence-corrected chi connectivity index (χ4v) is 5.25. The van der Waals surface area contributed by atoms with Gasteiger partial charge in [0.05, 0.1) is 11.5 Å². The molecule has 1 aliphatic heterocycles. The lowest BCUT2D eigenvalue weighted by Gasteiger charge is -2.19. The Morgan fingerprint density at radius 1 is 1.44 bits per heavy atom. The fourth-order valence-electron chi connectivity index (χ4n) is 2.34. The molecule has 1 fully saturated rings. The quantitative estimate of drug-likeness (QED) is 0.735. The first kappa shape index (κ1) is 14.5. The van der Waals surface area contributed by atoms with E-state index in [1.54, 1.807) is 6.20 Å². The summed E-state index contributed by atoms with van der Waals surface area (Å²) in [7, 11) is -2.80. The second kappa shape index (κ2) is 6.01. The highest BCUT2D eigenvalue weighted by Gasteiger charge is 2.33. The zero-order valence-corrected chi connectivity index (χ0v) is 13.8. The Kier molecular flexibility index (Phi) is 4.83. The Morgan fingerprint density at radius 2 is 2.22 bits per heavy atom. The Bertz CT molecular complexity index is 501. The van der Waals surface area contributed by atoms with Crippen LogP contribution in [0.3, 0.4) is 0 Å². The molecule has 1 aliphatic rings. The number of sulfone groups is 1. The van der Waals surface area contributed by atoms with Crippen LogP contribution in [0.15, 0.2) is 22.8 Å². The molecule has 0 bridgehead atoms. The number of hydrogen-bond donors (Lipinski definition) is 0. The van der Waals surface area contributed by atoms with Crippen LogP contribution < -0.4 is 0 Å². The van der Waals surface area contributed by atoms with E-state index in [4.69, 9.17) is 0 Å². The highest BCUT2D eigenvalue weighted by molar-refractivity contribution is 9.10. The maximum atomic E-state index is 11.5. The Morgan fingerprint density at radius 3 is 2.72 bits per heavy atom. The zero-order chi connectivity index (χ0) is 13.2. The summed E-state index contributed by atoms with van der Waals surface area (Å²) in [5.41, 5.74) is 1.02. The average molecular weight is 397 g/mol. The van der Waals surface area contributed by atoms with Crippen molar-refractivity contribution in [3.8, 4) is 0 Å². The first-order valence-corrected chi connectivity index (χ1v) is 9.60. The molecule has 0 N–H and O–H groups in total. The normalized spacial score (nSPS) is 24.0. The van der Waals surface area contributed by atoms with E-state index in [0.717, 1.165) is 28.3 Å². The second-order valence-electron chi connectivity index (χ2n) is 4.75. The molecule has 0 radical (unpaired) electrons. The molecule has 3 nitrogen and oxygen atoms in total. The number of alkyl halides is 1. The van der Waals surface area contributed by atoms with Crippen molar-refractivity contribution in [2.75, 3.05) is 16.8 Å². The topological polar surface area (TPSA) is 47.0 Å². The molecule has 2 unspecified atom stereocenters. The van der Waals surface area contributed by atoms with Crippen LogP contribution in [-0.4, -0.2) is 30.2 Å². The van der Waals surface area contributed by atoms with Gasteiger partial charge in [0.25, 0.3) is 0 Å². The summed E-state index contributed by atoms with van der Waals surface area (Å²) >= 11 is 6.86. The highest BCUT2D eigenvalue weighted by Crippen LogP contribution is 2.29. The largest absolute Gasteiger partial charge is 0.260 e. The van der Waals surface area contributed by atoms with Crippen molar-refractivity contribution in [1.29, 1.82) is 0 Å². The predicted octanol–water partition coefficient (Wildman–Crippen LogP) is 2.83. The van der Waals surface area contributed by atoms with E-state index in [2.05, 4.69) is 36.8 Å². The van der Waals surface area contributed by atoms with Crippen LogP contribution in [0, 0.1) is 11.8 Å². The minimum Gasteiger partial charge on any atom is -0.260 e. The molecule has 0 amide bonds. The summed E-state index contributed by atoms with van der Waals surface area (Å²) in [6.45, 7) is 0. The van der Waals surface area contributed by atoms with Crippen molar-refractivity contribution in [3.63, 3.8) is 0 Å². The van der Waals surface area contributed by atoms with Gasteiger partial charge in [0, 0.05) is 21.7 Å². The summed E-state index contributed by atoms with van der Waals surface area (Å²) < 4.78 is 24.0.